The molecule has 1 aromatic rings. The van der Waals surface area contributed by atoms with Gasteiger partial charge in [0.25, 0.3) is 0 Å². The number of rotatable bonds is 7. The van der Waals surface area contributed by atoms with Crippen molar-refractivity contribution in [2.75, 3.05) is 7.11 Å². The molecule has 1 rings (SSSR count). The first-order valence-electron chi connectivity index (χ1n) is 6.76. The van der Waals surface area contributed by atoms with E-state index in [-0.39, 0.29) is 5.41 Å². The van der Waals surface area contributed by atoms with Crippen LogP contribution in [0.5, 0.6) is 5.75 Å². The van der Waals surface area contributed by atoms with Gasteiger partial charge in [0.2, 0.25) is 0 Å². The van der Waals surface area contributed by atoms with Crippen molar-refractivity contribution in [1.82, 2.24) is 10.3 Å². The maximum Gasteiger partial charge on any atom is 0.320 e. The average Bonchev–Trinajstić information content (AvgIpc) is 2.37. The van der Waals surface area contributed by atoms with Gasteiger partial charge in [-0.3, -0.25) is 9.78 Å². The first-order chi connectivity index (χ1) is 9.31. The van der Waals surface area contributed by atoms with Crippen molar-refractivity contribution >= 4 is 5.97 Å². The highest BCUT2D eigenvalue weighted by molar-refractivity contribution is 5.73. The van der Waals surface area contributed by atoms with E-state index >= 15 is 0 Å². The molecule has 1 heterocycles. The minimum absolute atomic E-state index is 0.132. The van der Waals surface area contributed by atoms with E-state index in [1.807, 2.05) is 6.07 Å². The largest absolute Gasteiger partial charge is 0.495 e. The van der Waals surface area contributed by atoms with Crippen LogP contribution in [0.2, 0.25) is 0 Å². The van der Waals surface area contributed by atoms with Gasteiger partial charge < -0.3 is 15.2 Å². The Kier molecular flexibility index (Phi) is 5.95. The summed E-state index contributed by atoms with van der Waals surface area (Å²) in [5.74, 6) is -0.143. The Morgan fingerprint density at radius 3 is 2.70 bits per heavy atom. The number of carboxylic acid groups (broad SMARTS) is 1. The Balaban J connectivity index is 2.56. The number of methoxy groups -OCH3 is 1. The number of aliphatic carboxylic acids is 1. The van der Waals surface area contributed by atoms with Crippen molar-refractivity contribution in [1.29, 1.82) is 0 Å². The van der Waals surface area contributed by atoms with Crippen molar-refractivity contribution in [2.45, 2.75) is 46.2 Å². The minimum atomic E-state index is -0.815. The zero-order valence-corrected chi connectivity index (χ0v) is 12.6. The number of ether oxygens (including phenoxy) is 1. The third kappa shape index (κ3) is 6.02. The van der Waals surface area contributed by atoms with Gasteiger partial charge in [0.05, 0.1) is 13.3 Å². The number of nitrogens with one attached hydrogen (secondary N) is 1. The van der Waals surface area contributed by atoms with Crippen LogP contribution < -0.4 is 10.1 Å². The van der Waals surface area contributed by atoms with Gasteiger partial charge in [-0.15, -0.1) is 0 Å². The second-order valence-electron chi connectivity index (χ2n) is 6.10. The maximum absolute atomic E-state index is 11.3. The lowest BCUT2D eigenvalue weighted by Gasteiger charge is -2.21. The van der Waals surface area contributed by atoms with Gasteiger partial charge in [-0.1, -0.05) is 20.8 Å². The Morgan fingerprint density at radius 1 is 1.45 bits per heavy atom. The smallest absolute Gasteiger partial charge is 0.320 e. The van der Waals surface area contributed by atoms with Crippen LogP contribution in [0.1, 0.15) is 39.2 Å². The van der Waals surface area contributed by atoms with Crippen LogP contribution in [-0.2, 0) is 11.3 Å². The molecule has 0 saturated carbocycles. The number of nitrogens with zero attached hydrogens (tertiary/aromatic N) is 1. The van der Waals surface area contributed by atoms with Gasteiger partial charge in [-0.05, 0) is 29.9 Å². The van der Waals surface area contributed by atoms with Crippen LogP contribution in [0.4, 0.5) is 0 Å². The van der Waals surface area contributed by atoms with E-state index in [9.17, 15) is 9.90 Å². The molecule has 0 amide bonds. The van der Waals surface area contributed by atoms with E-state index in [0.29, 0.717) is 18.7 Å². The summed E-state index contributed by atoms with van der Waals surface area (Å²) in [5.41, 5.74) is 1.04. The van der Waals surface area contributed by atoms with Crippen molar-refractivity contribution in [2.24, 2.45) is 5.41 Å². The van der Waals surface area contributed by atoms with Crippen LogP contribution in [0.3, 0.4) is 0 Å². The Labute approximate surface area is 120 Å². The lowest BCUT2D eigenvalue weighted by Crippen LogP contribution is -2.37. The second kappa shape index (κ2) is 7.24. The highest BCUT2D eigenvalue weighted by atomic mass is 16.5. The van der Waals surface area contributed by atoms with Gasteiger partial charge in [-0.25, -0.2) is 0 Å². The van der Waals surface area contributed by atoms with E-state index in [1.54, 1.807) is 19.5 Å². The summed E-state index contributed by atoms with van der Waals surface area (Å²) in [6.07, 6.45) is 4.79. The monoisotopic (exact) mass is 280 g/mol. The van der Waals surface area contributed by atoms with Gasteiger partial charge >= 0.3 is 5.97 Å². The minimum Gasteiger partial charge on any atom is -0.495 e. The Morgan fingerprint density at radius 2 is 2.15 bits per heavy atom. The van der Waals surface area contributed by atoms with Gasteiger partial charge in [-0.2, -0.15) is 0 Å². The molecule has 5 heteroatoms. The molecule has 0 unspecified atom stereocenters. The molecule has 0 radical (unpaired) electrons. The number of pyridine rings is 1. The molecule has 0 bridgehead atoms. The molecule has 0 spiro atoms. The molecule has 0 aliphatic rings. The summed E-state index contributed by atoms with van der Waals surface area (Å²) >= 11 is 0. The van der Waals surface area contributed by atoms with Gasteiger partial charge in [0.1, 0.15) is 11.8 Å². The molecule has 0 aliphatic carbocycles. The normalized spacial score (nSPS) is 13.0. The number of carboxylic acids is 1. The lowest BCUT2D eigenvalue weighted by atomic mass is 9.88. The van der Waals surface area contributed by atoms with E-state index in [2.05, 4.69) is 31.1 Å². The second-order valence-corrected chi connectivity index (χ2v) is 6.10. The number of aromatic nitrogens is 1. The zero-order valence-electron chi connectivity index (χ0n) is 12.6. The molecule has 2 N–H and O–H groups in total. The molecule has 112 valence electrons. The van der Waals surface area contributed by atoms with Crippen LogP contribution in [0.25, 0.3) is 0 Å². The molecule has 20 heavy (non-hydrogen) atoms. The molecule has 1 aromatic heterocycles. The van der Waals surface area contributed by atoms with Crippen LogP contribution in [0.15, 0.2) is 18.5 Å². The predicted molar refractivity (Wildman–Crippen MR) is 77.7 cm³/mol. The van der Waals surface area contributed by atoms with Crippen LogP contribution in [0, 0.1) is 5.41 Å². The molecular formula is C15H24N2O3. The molecule has 1 atom stereocenters. The van der Waals surface area contributed by atoms with Crippen LogP contribution in [-0.4, -0.2) is 29.2 Å². The molecule has 0 saturated heterocycles. The summed E-state index contributed by atoms with van der Waals surface area (Å²) < 4.78 is 5.09. The summed E-state index contributed by atoms with van der Waals surface area (Å²) in [6, 6.07) is 1.31. The van der Waals surface area contributed by atoms with Crippen molar-refractivity contribution in [3.8, 4) is 5.75 Å². The summed E-state index contributed by atoms with van der Waals surface area (Å²) in [6.45, 7) is 6.79. The van der Waals surface area contributed by atoms with E-state index in [4.69, 9.17) is 4.74 Å². The van der Waals surface area contributed by atoms with E-state index in [0.717, 1.165) is 12.0 Å². The number of carbonyl (C=O) groups is 1. The summed E-state index contributed by atoms with van der Waals surface area (Å²) in [4.78, 5) is 15.3. The summed E-state index contributed by atoms with van der Waals surface area (Å²) in [7, 11) is 1.58. The fraction of sp³-hybridized carbons (Fsp3) is 0.600. The fourth-order valence-electron chi connectivity index (χ4n) is 1.80. The Bertz CT molecular complexity index is 441. The highest BCUT2D eigenvalue weighted by Gasteiger charge is 2.20. The number of hydrogen-bond donors (Lipinski definition) is 2. The number of hydrogen-bond acceptors (Lipinski definition) is 4. The standard InChI is InChI=1S/C15H24N2O3/c1-15(2,3)6-5-13(14(18)19)17-9-11-7-12(20-4)10-16-8-11/h7-8,10,13,17H,5-6,9H2,1-4H3,(H,18,19)/t13-/m0/s1. The molecular weight excluding hydrogens is 256 g/mol. The van der Waals surface area contributed by atoms with Gasteiger partial charge in [0.15, 0.2) is 0 Å². The van der Waals surface area contributed by atoms with Crippen molar-refractivity contribution in [3.63, 3.8) is 0 Å². The average molecular weight is 280 g/mol. The van der Waals surface area contributed by atoms with Crippen molar-refractivity contribution in [3.05, 3.63) is 24.0 Å². The highest BCUT2D eigenvalue weighted by Crippen LogP contribution is 2.21. The van der Waals surface area contributed by atoms with Crippen LogP contribution >= 0.6 is 0 Å². The molecule has 5 nitrogen and oxygen atoms in total. The third-order valence-electron chi connectivity index (χ3n) is 3.04. The predicted octanol–water partition coefficient (Wildman–Crippen LogP) is 2.46. The SMILES string of the molecule is COc1cncc(CN[C@@H](CCC(C)(C)C)C(=O)O)c1. The topological polar surface area (TPSA) is 71.5 Å². The quantitative estimate of drug-likeness (QED) is 0.802. The third-order valence-corrected chi connectivity index (χ3v) is 3.04. The first-order valence-corrected chi connectivity index (χ1v) is 6.76. The Hall–Kier alpha value is -1.62. The lowest BCUT2D eigenvalue weighted by molar-refractivity contribution is -0.139. The van der Waals surface area contributed by atoms with E-state index < -0.39 is 12.0 Å². The first kappa shape index (κ1) is 16.4. The fourth-order valence-corrected chi connectivity index (χ4v) is 1.80. The molecule has 0 aliphatic heterocycles. The zero-order chi connectivity index (χ0) is 15.2. The van der Waals surface area contributed by atoms with Gasteiger partial charge in [0, 0.05) is 12.7 Å². The molecule has 0 aromatic carbocycles. The van der Waals surface area contributed by atoms with E-state index in [1.165, 1.54) is 0 Å². The maximum atomic E-state index is 11.3. The summed E-state index contributed by atoms with van der Waals surface area (Å²) in [5, 5.41) is 12.3. The van der Waals surface area contributed by atoms with Crippen molar-refractivity contribution < 1.29 is 14.6 Å². The molecule has 0 fully saturated rings.